The minimum atomic E-state index is -1.27. The number of Topliss-reactive ketones (excluding diaryl/α,β-unsaturated/α-hetero) is 1. The molecule has 16 atom stereocenters. The molecule has 1 saturated carbocycles. The quantitative estimate of drug-likeness (QED) is 0.135. The van der Waals surface area contributed by atoms with Gasteiger partial charge >= 0.3 is 5.97 Å². The molecule has 3 fully saturated rings. The molecule has 0 radical (unpaired) electrons. The summed E-state index contributed by atoms with van der Waals surface area (Å²) in [5.41, 5.74) is 2.48. The first kappa shape index (κ1) is 50.5. The van der Waals surface area contributed by atoms with Crippen LogP contribution in [0.1, 0.15) is 125 Å². The van der Waals surface area contributed by atoms with Crippen molar-refractivity contribution in [3.63, 3.8) is 0 Å². The molecule has 362 valence electrons. The molecule has 1 aromatic heterocycles. The van der Waals surface area contributed by atoms with Gasteiger partial charge in [-0.05, 0) is 113 Å². The highest BCUT2D eigenvalue weighted by molar-refractivity contribution is 7.11. The van der Waals surface area contributed by atoms with Gasteiger partial charge in [-0.15, -0.1) is 11.3 Å². The van der Waals surface area contributed by atoms with Crippen molar-refractivity contribution in [2.75, 3.05) is 28.4 Å². The number of hydrogen-bond donors (Lipinski definition) is 1. The number of cyclic esters (lactones) is 1. The molecule has 7 rings (SSSR count). The van der Waals surface area contributed by atoms with Gasteiger partial charge in [-0.3, -0.25) is 14.5 Å². The zero-order chi connectivity index (χ0) is 46.9. The van der Waals surface area contributed by atoms with Crippen LogP contribution in [0.4, 0.5) is 4.39 Å². The van der Waals surface area contributed by atoms with E-state index >= 15 is 4.79 Å². The summed E-state index contributed by atoms with van der Waals surface area (Å²) in [6.07, 6.45) is 3.16. The SMILES string of the molecule is CC[C@H]1CCC[C@H](O[C@H]2CC[C@H](N(C)Cc3ccc(F)cc3Cl)C(C)O2)[C@@H](C)C(=O)C2=C[C@H]3[C@@H]4C[C@H](OC(O)C(OC)C(OC)C(OC)C(C)C)C[C@H]4c4sc(C)nc4[C@H]3[C@@H]2CC(=O)O1. The summed E-state index contributed by atoms with van der Waals surface area (Å²) in [7, 11) is 6.79. The highest BCUT2D eigenvalue weighted by Crippen LogP contribution is 2.62. The molecule has 2 saturated heterocycles. The maximum Gasteiger partial charge on any atom is 0.306 e. The molecule has 2 aromatic rings. The number of aryl methyl sites for hydroxylation is 1. The molecule has 65 heavy (non-hydrogen) atoms. The van der Waals surface area contributed by atoms with Gasteiger partial charge in [0.25, 0.3) is 0 Å². The van der Waals surface area contributed by atoms with E-state index in [1.54, 1.807) is 38.7 Å². The second-order valence-corrected chi connectivity index (χ2v) is 21.2. The maximum atomic E-state index is 15.1. The first-order chi connectivity index (χ1) is 31.1. The van der Waals surface area contributed by atoms with Crippen molar-refractivity contribution in [2.45, 2.75) is 179 Å². The Kier molecular flexibility index (Phi) is 17.0. The van der Waals surface area contributed by atoms with Crippen molar-refractivity contribution in [3.05, 3.63) is 61.8 Å². The number of aliphatic hydroxyl groups is 1. The Balaban J connectivity index is 1.12. The Morgan fingerprint density at radius 3 is 2.42 bits per heavy atom. The Labute approximate surface area is 394 Å². The van der Waals surface area contributed by atoms with Crippen LogP contribution in [0.3, 0.4) is 0 Å². The highest BCUT2D eigenvalue weighted by Gasteiger charge is 2.56. The van der Waals surface area contributed by atoms with Crippen molar-refractivity contribution in [1.82, 2.24) is 9.88 Å². The lowest BCUT2D eigenvalue weighted by atomic mass is 9.67. The number of likely N-dealkylation sites (N-methyl/N-ethyl adjacent to an activating group) is 1. The molecular formula is C50H72ClFN2O10S. The van der Waals surface area contributed by atoms with Crippen molar-refractivity contribution in [1.29, 1.82) is 0 Å². The molecule has 5 aliphatic rings. The molecule has 1 N–H and O–H groups in total. The number of allylic oxidation sites excluding steroid dienone is 2. The lowest BCUT2D eigenvalue weighted by molar-refractivity contribution is -0.236. The number of thiazole rings is 1. The monoisotopic (exact) mass is 946 g/mol. The molecule has 3 heterocycles. The van der Waals surface area contributed by atoms with E-state index in [4.69, 9.17) is 49.7 Å². The fourth-order valence-corrected chi connectivity index (χ4v) is 13.3. The van der Waals surface area contributed by atoms with E-state index in [0.717, 1.165) is 29.1 Å². The molecule has 1 aromatic carbocycles. The summed E-state index contributed by atoms with van der Waals surface area (Å²) in [4.78, 5) is 37.6. The summed E-state index contributed by atoms with van der Waals surface area (Å²) < 4.78 is 57.3. The van der Waals surface area contributed by atoms with Crippen LogP contribution in [0, 0.1) is 42.3 Å². The number of ketones is 1. The van der Waals surface area contributed by atoms with Gasteiger partial charge in [-0.1, -0.05) is 51.4 Å². The van der Waals surface area contributed by atoms with Crippen LogP contribution in [-0.4, -0.2) is 116 Å². The summed E-state index contributed by atoms with van der Waals surface area (Å²) in [5.74, 6) is -1.51. The first-order valence-electron chi connectivity index (χ1n) is 23.9. The number of aromatic nitrogens is 1. The summed E-state index contributed by atoms with van der Waals surface area (Å²) in [6, 6.07) is 4.58. The predicted molar refractivity (Wildman–Crippen MR) is 246 cm³/mol. The van der Waals surface area contributed by atoms with Gasteiger partial charge in [0, 0.05) is 67.5 Å². The second-order valence-electron chi connectivity index (χ2n) is 19.6. The normalized spacial score (nSPS) is 33.8. The number of fused-ring (bicyclic) bond motifs is 8. The topological polar surface area (TPSA) is 135 Å². The Bertz CT molecular complexity index is 1980. The third-order valence-corrected chi connectivity index (χ3v) is 16.7. The molecule has 12 nitrogen and oxygen atoms in total. The average Bonchev–Trinajstić information content (AvgIpc) is 3.97. The minimum Gasteiger partial charge on any atom is -0.462 e. The Morgan fingerprint density at radius 2 is 1.75 bits per heavy atom. The lowest BCUT2D eigenvalue weighted by Gasteiger charge is -2.41. The number of hydrogen-bond acceptors (Lipinski definition) is 13. The van der Waals surface area contributed by atoms with Crippen LogP contribution in [0.25, 0.3) is 0 Å². The first-order valence-corrected chi connectivity index (χ1v) is 25.1. The largest absolute Gasteiger partial charge is 0.462 e. The van der Waals surface area contributed by atoms with Crippen molar-refractivity contribution < 1.29 is 52.2 Å². The van der Waals surface area contributed by atoms with Gasteiger partial charge in [0.15, 0.2) is 18.4 Å². The van der Waals surface area contributed by atoms with Crippen LogP contribution >= 0.6 is 22.9 Å². The summed E-state index contributed by atoms with van der Waals surface area (Å²) in [5, 5.41) is 13.0. The fourth-order valence-electron chi connectivity index (χ4n) is 11.9. The second kappa shape index (κ2) is 21.9. The van der Waals surface area contributed by atoms with Gasteiger partial charge in [0.2, 0.25) is 0 Å². The molecule has 3 aliphatic carbocycles. The van der Waals surface area contributed by atoms with Gasteiger partial charge in [-0.25, -0.2) is 9.37 Å². The van der Waals surface area contributed by atoms with Crippen molar-refractivity contribution >= 4 is 34.7 Å². The van der Waals surface area contributed by atoms with E-state index in [1.807, 2.05) is 48.6 Å². The lowest BCUT2D eigenvalue weighted by Crippen LogP contribution is -2.50. The number of carbonyl (C=O) groups excluding carboxylic acids is 2. The highest BCUT2D eigenvalue weighted by atomic mass is 35.5. The molecule has 2 aliphatic heterocycles. The Morgan fingerprint density at radius 1 is 1.02 bits per heavy atom. The van der Waals surface area contributed by atoms with Gasteiger partial charge in [0.1, 0.15) is 24.1 Å². The van der Waals surface area contributed by atoms with Crippen LogP contribution in [0.2, 0.25) is 5.02 Å². The average molecular weight is 948 g/mol. The summed E-state index contributed by atoms with van der Waals surface area (Å²) in [6.45, 7) is 12.7. The van der Waals surface area contributed by atoms with Crippen LogP contribution in [-0.2, 0) is 49.3 Å². The smallest absolute Gasteiger partial charge is 0.306 e. The third-order valence-electron chi connectivity index (χ3n) is 15.2. The number of rotatable bonds is 15. The van der Waals surface area contributed by atoms with E-state index in [0.29, 0.717) is 55.7 Å². The summed E-state index contributed by atoms with van der Waals surface area (Å²) >= 11 is 8.07. The van der Waals surface area contributed by atoms with Crippen LogP contribution < -0.4 is 0 Å². The number of benzene rings is 1. The van der Waals surface area contributed by atoms with Crippen LogP contribution in [0.5, 0.6) is 0 Å². The number of esters is 1. The molecule has 0 bridgehead atoms. The molecule has 0 spiro atoms. The van der Waals surface area contributed by atoms with E-state index in [9.17, 15) is 14.3 Å². The number of carbonyl (C=O) groups is 2. The zero-order valence-electron chi connectivity index (χ0n) is 39.9. The van der Waals surface area contributed by atoms with Crippen molar-refractivity contribution in [2.24, 2.45) is 29.6 Å². The maximum absolute atomic E-state index is 15.1. The number of ether oxygens (including phenoxy) is 7. The fraction of sp³-hybridized carbons (Fsp3) is 0.740. The Hall–Kier alpha value is -2.37. The van der Waals surface area contributed by atoms with Gasteiger partial charge < -0.3 is 38.3 Å². The van der Waals surface area contributed by atoms with Crippen LogP contribution in [0.15, 0.2) is 29.8 Å². The molecule has 0 amide bonds. The zero-order valence-corrected chi connectivity index (χ0v) is 41.4. The number of halogens is 2. The van der Waals surface area contributed by atoms with Gasteiger partial charge in [0.05, 0.1) is 41.5 Å². The van der Waals surface area contributed by atoms with Crippen molar-refractivity contribution in [3.8, 4) is 0 Å². The predicted octanol–water partition coefficient (Wildman–Crippen LogP) is 8.92. The van der Waals surface area contributed by atoms with E-state index in [1.165, 1.54) is 17.0 Å². The van der Waals surface area contributed by atoms with E-state index in [2.05, 4.69) is 11.0 Å². The van der Waals surface area contributed by atoms with Gasteiger partial charge in [-0.2, -0.15) is 0 Å². The minimum absolute atomic E-state index is 0.00914. The third kappa shape index (κ3) is 10.9. The molecular weight excluding hydrogens is 875 g/mol. The standard InChI is InChI=1S/C50H72ClFN2O10S/c1-11-31-13-12-14-40(64-42-18-17-39(27(5)61-42)54(7)24-29-15-16-30(52)19-38(29)51)26(4)45(56)36-22-34-33-20-32(63-50(57)48(60-10)47(59-9)46(58-8)25(2)3)21-37(33)49-44(53-28(6)65-49)43(34)35(36)23-41(55)62-31/h15-16,19,22,25-27,31-35,37,39-40,42-43,46-48,50,57H,11-14,17-18,20-21,23-24H2,1-10H3/t26-,27?,31+,32+,33+,34+,35-,37-,39+,40+,42+,43-,46?,47?,48?,50?/m1/s1. The number of aliphatic hydroxyl groups excluding tert-OH is 1. The van der Waals surface area contributed by atoms with E-state index in [-0.39, 0.29) is 84.0 Å². The molecule has 5 unspecified atom stereocenters. The number of nitrogens with zero attached hydrogens (tertiary/aromatic N) is 2. The van der Waals surface area contributed by atoms with E-state index < -0.39 is 42.7 Å². The number of methoxy groups -OCH3 is 3. The molecule has 15 heteroatoms.